The monoisotopic (exact) mass is 384 g/mol. The number of fused-ring (bicyclic) bond motifs is 1. The Morgan fingerprint density at radius 2 is 1.96 bits per heavy atom. The van der Waals surface area contributed by atoms with E-state index >= 15 is 0 Å². The molecule has 0 spiro atoms. The number of aromatic nitrogens is 3. The van der Waals surface area contributed by atoms with E-state index in [0.717, 1.165) is 29.8 Å². The first-order valence-electron chi connectivity index (χ1n) is 8.97. The highest BCUT2D eigenvalue weighted by atomic mass is 19.2. The Balaban J connectivity index is 1.56. The van der Waals surface area contributed by atoms with Gasteiger partial charge in [0.1, 0.15) is 0 Å². The molecule has 0 fully saturated rings. The summed E-state index contributed by atoms with van der Waals surface area (Å²) in [6.45, 7) is 0.0235. The van der Waals surface area contributed by atoms with Crippen LogP contribution in [0.2, 0.25) is 0 Å². The Bertz CT molecular complexity index is 1020. The summed E-state index contributed by atoms with van der Waals surface area (Å²) in [5.74, 6) is -2.31. The Labute approximate surface area is 159 Å². The van der Waals surface area contributed by atoms with Crippen molar-refractivity contribution in [2.75, 3.05) is 6.54 Å². The number of hydrogen-bond acceptors (Lipinski definition) is 4. The van der Waals surface area contributed by atoms with Crippen LogP contribution in [0.4, 0.5) is 8.78 Å². The molecule has 0 saturated carbocycles. The van der Waals surface area contributed by atoms with Crippen molar-refractivity contribution >= 4 is 5.91 Å². The molecule has 2 heterocycles. The minimum absolute atomic E-state index is 0.0235. The summed E-state index contributed by atoms with van der Waals surface area (Å²) in [5.41, 5.74) is 2.89. The largest absolute Gasteiger partial charge is 0.387 e. The van der Waals surface area contributed by atoms with Crippen molar-refractivity contribution in [3.05, 3.63) is 76.9 Å². The molecule has 144 valence electrons. The van der Waals surface area contributed by atoms with Gasteiger partial charge in [-0.05, 0) is 49.1 Å². The molecular weight excluding hydrogens is 366 g/mol. The van der Waals surface area contributed by atoms with E-state index in [0.29, 0.717) is 24.1 Å². The second-order valence-corrected chi connectivity index (χ2v) is 6.64. The Morgan fingerprint density at radius 3 is 2.71 bits per heavy atom. The van der Waals surface area contributed by atoms with Crippen molar-refractivity contribution in [1.29, 1.82) is 0 Å². The lowest BCUT2D eigenvalue weighted by Crippen LogP contribution is -2.29. The highest BCUT2D eigenvalue weighted by molar-refractivity contribution is 5.94. The minimum atomic E-state index is -0.966. The second-order valence-electron chi connectivity index (χ2n) is 6.64. The fourth-order valence-corrected chi connectivity index (χ4v) is 3.43. The number of nitrogens with zero attached hydrogens (tertiary/aromatic N) is 3. The molecule has 1 aliphatic rings. The van der Waals surface area contributed by atoms with E-state index in [2.05, 4.69) is 15.4 Å². The maximum atomic E-state index is 13.6. The third-order valence-electron chi connectivity index (χ3n) is 4.84. The maximum absolute atomic E-state index is 13.6. The summed E-state index contributed by atoms with van der Waals surface area (Å²) >= 11 is 0. The number of benzene rings is 1. The molecule has 1 atom stereocenters. The van der Waals surface area contributed by atoms with Gasteiger partial charge in [-0.1, -0.05) is 0 Å². The normalized spacial score (nSPS) is 14.0. The quantitative estimate of drug-likeness (QED) is 0.708. The number of aliphatic hydroxyl groups excluding tert-OH is 1. The zero-order chi connectivity index (χ0) is 19.7. The number of rotatable bonds is 5. The van der Waals surface area contributed by atoms with E-state index in [1.165, 1.54) is 10.7 Å². The Morgan fingerprint density at radius 1 is 1.18 bits per heavy atom. The zero-order valence-corrected chi connectivity index (χ0v) is 14.9. The molecule has 28 heavy (non-hydrogen) atoms. The van der Waals surface area contributed by atoms with Gasteiger partial charge >= 0.3 is 0 Å². The lowest BCUT2D eigenvalue weighted by Gasteiger charge is -2.11. The molecule has 0 radical (unpaired) electrons. The lowest BCUT2D eigenvalue weighted by atomic mass is 10.1. The summed E-state index contributed by atoms with van der Waals surface area (Å²) in [4.78, 5) is 16.6. The second kappa shape index (κ2) is 7.47. The van der Waals surface area contributed by atoms with Gasteiger partial charge in [0.05, 0.1) is 11.8 Å². The van der Waals surface area contributed by atoms with Crippen LogP contribution in [0, 0.1) is 11.6 Å². The van der Waals surface area contributed by atoms with E-state index in [4.69, 9.17) is 0 Å². The molecule has 0 aliphatic heterocycles. The molecule has 2 aromatic heterocycles. The van der Waals surface area contributed by atoms with Gasteiger partial charge < -0.3 is 10.4 Å². The minimum Gasteiger partial charge on any atom is -0.387 e. The molecule has 0 bridgehead atoms. The predicted molar refractivity (Wildman–Crippen MR) is 97.0 cm³/mol. The molecule has 3 aromatic rings. The van der Waals surface area contributed by atoms with Crippen molar-refractivity contribution in [1.82, 2.24) is 20.1 Å². The summed E-state index contributed by atoms with van der Waals surface area (Å²) in [5, 5.41) is 17.2. The number of hydrogen-bond donors (Lipinski definition) is 2. The van der Waals surface area contributed by atoms with Gasteiger partial charge in [-0.3, -0.25) is 9.78 Å². The number of nitrogens with one attached hydrogen (secondary N) is 1. The van der Waals surface area contributed by atoms with Crippen LogP contribution in [0.5, 0.6) is 0 Å². The molecule has 1 unspecified atom stereocenters. The van der Waals surface area contributed by atoms with Gasteiger partial charge in [0.2, 0.25) is 0 Å². The number of carbonyl (C=O) groups excluding carboxylic acids is 1. The molecule has 1 amide bonds. The van der Waals surface area contributed by atoms with Crippen LogP contribution in [0.3, 0.4) is 0 Å². The Kier molecular flexibility index (Phi) is 4.87. The average Bonchev–Trinajstić information content (AvgIpc) is 3.31. The summed E-state index contributed by atoms with van der Waals surface area (Å²) in [6, 6.07) is 6.88. The van der Waals surface area contributed by atoms with Crippen LogP contribution >= 0.6 is 0 Å². The van der Waals surface area contributed by atoms with Crippen LogP contribution in [0.1, 0.15) is 39.8 Å². The SMILES string of the molecule is O=C(NCC(O)c1ccncc1)c1nn(-c2ccc(F)c(F)c2)c2c1CCC2. The van der Waals surface area contributed by atoms with Crippen LogP contribution in [0.15, 0.2) is 42.7 Å². The molecular formula is C20H18F2N4O2. The third kappa shape index (κ3) is 3.38. The third-order valence-corrected chi connectivity index (χ3v) is 4.84. The van der Waals surface area contributed by atoms with Crippen molar-refractivity contribution in [2.24, 2.45) is 0 Å². The molecule has 1 aromatic carbocycles. The molecule has 8 heteroatoms. The Hall–Kier alpha value is -3.13. The van der Waals surface area contributed by atoms with Gasteiger partial charge in [0, 0.05) is 36.3 Å². The van der Waals surface area contributed by atoms with E-state index in [-0.39, 0.29) is 12.2 Å². The van der Waals surface area contributed by atoms with E-state index in [9.17, 15) is 18.7 Å². The van der Waals surface area contributed by atoms with Gasteiger partial charge in [-0.15, -0.1) is 0 Å². The number of aliphatic hydroxyl groups is 1. The average molecular weight is 384 g/mol. The number of carbonyl (C=O) groups is 1. The van der Waals surface area contributed by atoms with Crippen LogP contribution in [-0.4, -0.2) is 32.3 Å². The maximum Gasteiger partial charge on any atom is 0.272 e. The molecule has 0 saturated heterocycles. The van der Waals surface area contributed by atoms with Gasteiger partial charge in [0.15, 0.2) is 17.3 Å². The van der Waals surface area contributed by atoms with Gasteiger partial charge in [0.25, 0.3) is 5.91 Å². The molecule has 4 rings (SSSR count). The molecule has 1 aliphatic carbocycles. The first kappa shape index (κ1) is 18.2. The van der Waals surface area contributed by atoms with Crippen molar-refractivity contribution in [2.45, 2.75) is 25.4 Å². The van der Waals surface area contributed by atoms with Gasteiger partial charge in [-0.2, -0.15) is 5.10 Å². The number of pyridine rings is 1. The first-order chi connectivity index (χ1) is 13.5. The van der Waals surface area contributed by atoms with Crippen molar-refractivity contribution in [3.63, 3.8) is 0 Å². The van der Waals surface area contributed by atoms with Crippen molar-refractivity contribution < 1.29 is 18.7 Å². The summed E-state index contributed by atoms with van der Waals surface area (Å²) < 4.78 is 28.4. The lowest BCUT2D eigenvalue weighted by molar-refractivity contribution is 0.0910. The zero-order valence-electron chi connectivity index (χ0n) is 14.9. The van der Waals surface area contributed by atoms with E-state index < -0.39 is 23.6 Å². The van der Waals surface area contributed by atoms with Crippen LogP contribution in [-0.2, 0) is 12.8 Å². The fourth-order valence-electron chi connectivity index (χ4n) is 3.43. The summed E-state index contributed by atoms with van der Waals surface area (Å²) in [6.07, 6.45) is 4.51. The highest BCUT2D eigenvalue weighted by Crippen LogP contribution is 2.28. The first-order valence-corrected chi connectivity index (χ1v) is 8.97. The van der Waals surface area contributed by atoms with Gasteiger partial charge in [-0.25, -0.2) is 13.5 Å². The predicted octanol–water partition coefficient (Wildman–Crippen LogP) is 2.50. The molecule has 2 N–H and O–H groups in total. The van der Waals surface area contributed by atoms with Crippen LogP contribution < -0.4 is 5.32 Å². The fraction of sp³-hybridized carbons (Fsp3) is 0.250. The topological polar surface area (TPSA) is 80.0 Å². The number of amides is 1. The van der Waals surface area contributed by atoms with Crippen molar-refractivity contribution in [3.8, 4) is 5.69 Å². The summed E-state index contributed by atoms with van der Waals surface area (Å²) in [7, 11) is 0. The van der Waals surface area contributed by atoms with Crippen LogP contribution in [0.25, 0.3) is 5.69 Å². The standard InChI is InChI=1S/C20H18F2N4O2/c21-15-5-4-13(10-16(15)22)26-17-3-1-2-14(17)19(25-26)20(28)24-11-18(27)12-6-8-23-9-7-12/h4-10,18,27H,1-3,11H2,(H,24,28). The molecule has 6 nitrogen and oxygen atoms in total. The highest BCUT2D eigenvalue weighted by Gasteiger charge is 2.27. The van der Waals surface area contributed by atoms with E-state index in [1.54, 1.807) is 24.5 Å². The smallest absolute Gasteiger partial charge is 0.272 e. The number of halogens is 2. The van der Waals surface area contributed by atoms with E-state index in [1.807, 2.05) is 0 Å².